The third-order valence-corrected chi connectivity index (χ3v) is 3.43. The zero-order valence-electron chi connectivity index (χ0n) is 11.8. The van der Waals surface area contributed by atoms with E-state index >= 15 is 0 Å². The fraction of sp³-hybridized carbons (Fsp3) is 0. The molecule has 0 bridgehead atoms. The van der Waals surface area contributed by atoms with Crippen LogP contribution in [-0.2, 0) is 0 Å². The van der Waals surface area contributed by atoms with Crippen LogP contribution in [0.15, 0.2) is 70.0 Å². The largest absolute Gasteiger partial charge is 0.403 e. The van der Waals surface area contributed by atoms with Gasteiger partial charge in [0.1, 0.15) is 11.2 Å². The van der Waals surface area contributed by atoms with Crippen molar-refractivity contribution in [3.05, 3.63) is 77.0 Å². The van der Waals surface area contributed by atoms with Crippen molar-refractivity contribution in [1.82, 2.24) is 14.8 Å². The summed E-state index contributed by atoms with van der Waals surface area (Å²) < 4.78 is 20.1. The molecule has 0 spiro atoms. The molecular weight excluding hydrogens is 297 g/mol. The molecule has 4 aromatic rings. The molecule has 0 N–H and O–H groups in total. The molecule has 0 saturated heterocycles. The summed E-state index contributed by atoms with van der Waals surface area (Å²) in [5, 5.41) is 4.47. The average molecular weight is 307 g/mol. The summed E-state index contributed by atoms with van der Waals surface area (Å²) in [5.74, 6) is -0.372. The predicted molar refractivity (Wildman–Crippen MR) is 82.8 cm³/mol. The van der Waals surface area contributed by atoms with Crippen molar-refractivity contribution in [2.75, 3.05) is 0 Å². The average Bonchev–Trinajstić information content (AvgIpc) is 3.00. The zero-order valence-corrected chi connectivity index (χ0v) is 11.8. The number of hydrogen-bond acceptors (Lipinski definition) is 4. The number of halogens is 1. The molecule has 0 aliphatic heterocycles. The highest BCUT2D eigenvalue weighted by molar-refractivity contribution is 5.76. The number of nitrogens with zero attached hydrogens (tertiary/aromatic N) is 3. The van der Waals surface area contributed by atoms with Crippen molar-refractivity contribution in [2.45, 2.75) is 0 Å². The van der Waals surface area contributed by atoms with Gasteiger partial charge in [0, 0.05) is 5.56 Å². The van der Waals surface area contributed by atoms with E-state index in [1.54, 1.807) is 10.7 Å². The summed E-state index contributed by atoms with van der Waals surface area (Å²) in [5.41, 5.74) is 0.971. The molecule has 4 rings (SSSR count). The summed E-state index contributed by atoms with van der Waals surface area (Å²) in [6.45, 7) is 0. The van der Waals surface area contributed by atoms with Crippen LogP contribution >= 0.6 is 0 Å². The third-order valence-electron chi connectivity index (χ3n) is 3.43. The minimum absolute atomic E-state index is 0.0553. The highest BCUT2D eigenvalue weighted by Crippen LogP contribution is 2.20. The van der Waals surface area contributed by atoms with Crippen LogP contribution in [-0.4, -0.2) is 14.8 Å². The van der Waals surface area contributed by atoms with E-state index in [2.05, 4.69) is 10.1 Å². The van der Waals surface area contributed by atoms with Crippen molar-refractivity contribution in [1.29, 1.82) is 0 Å². The number of aromatic nitrogens is 3. The molecule has 23 heavy (non-hydrogen) atoms. The fourth-order valence-corrected chi connectivity index (χ4v) is 2.36. The van der Waals surface area contributed by atoms with Crippen LogP contribution in [0.5, 0.6) is 0 Å². The second-order valence-corrected chi connectivity index (χ2v) is 4.95. The van der Waals surface area contributed by atoms with E-state index in [1.165, 1.54) is 24.4 Å². The van der Waals surface area contributed by atoms with Crippen molar-refractivity contribution >= 4 is 11.0 Å². The van der Waals surface area contributed by atoms with E-state index in [0.717, 1.165) is 5.69 Å². The molecule has 112 valence electrons. The Kier molecular flexibility index (Phi) is 3.01. The van der Waals surface area contributed by atoms with Gasteiger partial charge in [-0.05, 0) is 30.3 Å². The maximum atomic E-state index is 13.4. The Hall–Kier alpha value is -3.28. The van der Waals surface area contributed by atoms with Crippen molar-refractivity contribution < 1.29 is 8.81 Å². The standard InChI is InChI=1S/C17H10FN3O2/c18-12-6-4-5-11(9-12)16-20-15-14(17(22)23-16)10-19-21(15)13-7-2-1-3-8-13/h1-10H. The lowest BCUT2D eigenvalue weighted by Gasteiger charge is -2.03. The first-order chi connectivity index (χ1) is 11.2. The van der Waals surface area contributed by atoms with E-state index in [9.17, 15) is 9.18 Å². The Balaban J connectivity index is 1.98. The normalized spacial score (nSPS) is 11.0. The Morgan fingerprint density at radius 1 is 1.04 bits per heavy atom. The van der Waals surface area contributed by atoms with E-state index in [0.29, 0.717) is 11.2 Å². The fourth-order valence-electron chi connectivity index (χ4n) is 2.36. The van der Waals surface area contributed by atoms with Crippen LogP contribution in [0.25, 0.3) is 28.2 Å². The van der Waals surface area contributed by atoms with Gasteiger partial charge in [0.2, 0.25) is 5.89 Å². The SMILES string of the molecule is O=c1oc(-c2cccc(F)c2)nc2c1cnn2-c1ccccc1. The second kappa shape index (κ2) is 5.17. The van der Waals surface area contributed by atoms with Crippen molar-refractivity contribution in [2.24, 2.45) is 0 Å². The van der Waals surface area contributed by atoms with E-state index in [4.69, 9.17) is 4.42 Å². The van der Waals surface area contributed by atoms with Gasteiger partial charge in [-0.1, -0.05) is 24.3 Å². The quantitative estimate of drug-likeness (QED) is 0.570. The lowest BCUT2D eigenvalue weighted by Crippen LogP contribution is -2.04. The number of para-hydroxylation sites is 1. The molecular formula is C17H10FN3O2. The maximum Gasteiger partial charge on any atom is 0.350 e. The maximum absolute atomic E-state index is 13.4. The Morgan fingerprint density at radius 3 is 2.65 bits per heavy atom. The lowest BCUT2D eigenvalue weighted by atomic mass is 10.2. The smallest absolute Gasteiger partial charge is 0.350 e. The van der Waals surface area contributed by atoms with E-state index in [1.807, 2.05) is 30.3 Å². The number of benzene rings is 2. The first-order valence-corrected chi connectivity index (χ1v) is 6.92. The van der Waals surface area contributed by atoms with Crippen LogP contribution in [0.3, 0.4) is 0 Å². The van der Waals surface area contributed by atoms with Crippen LogP contribution in [0, 0.1) is 5.82 Å². The van der Waals surface area contributed by atoms with Crippen molar-refractivity contribution in [3.63, 3.8) is 0 Å². The van der Waals surface area contributed by atoms with Gasteiger partial charge in [0.25, 0.3) is 0 Å². The lowest BCUT2D eigenvalue weighted by molar-refractivity contribution is 0.516. The summed E-state index contributed by atoms with van der Waals surface area (Å²) in [4.78, 5) is 16.5. The first-order valence-electron chi connectivity index (χ1n) is 6.92. The predicted octanol–water partition coefficient (Wildman–Crippen LogP) is 3.18. The van der Waals surface area contributed by atoms with Crippen LogP contribution in [0.1, 0.15) is 0 Å². The minimum Gasteiger partial charge on any atom is -0.403 e. The number of fused-ring (bicyclic) bond motifs is 1. The summed E-state index contributed by atoms with van der Waals surface area (Å²) in [7, 11) is 0. The Bertz CT molecular complexity index is 1050. The molecule has 2 aromatic heterocycles. The number of hydrogen-bond donors (Lipinski definition) is 0. The van der Waals surface area contributed by atoms with Gasteiger partial charge < -0.3 is 4.42 Å². The van der Waals surface area contributed by atoms with Gasteiger partial charge in [-0.25, -0.2) is 13.9 Å². The molecule has 0 atom stereocenters. The summed E-state index contributed by atoms with van der Waals surface area (Å²) >= 11 is 0. The topological polar surface area (TPSA) is 60.9 Å². The molecule has 0 aliphatic carbocycles. The highest BCUT2D eigenvalue weighted by Gasteiger charge is 2.14. The minimum atomic E-state index is -0.559. The zero-order chi connectivity index (χ0) is 15.8. The Labute approximate surface area is 129 Å². The van der Waals surface area contributed by atoms with Crippen LogP contribution < -0.4 is 5.63 Å². The van der Waals surface area contributed by atoms with E-state index < -0.39 is 11.4 Å². The molecule has 0 aliphatic rings. The van der Waals surface area contributed by atoms with Crippen LogP contribution in [0.4, 0.5) is 4.39 Å². The van der Waals surface area contributed by atoms with Gasteiger partial charge >= 0.3 is 5.63 Å². The summed E-state index contributed by atoms with van der Waals surface area (Å²) in [6, 6.07) is 15.1. The van der Waals surface area contributed by atoms with E-state index in [-0.39, 0.29) is 11.3 Å². The van der Waals surface area contributed by atoms with Gasteiger partial charge in [-0.2, -0.15) is 10.1 Å². The van der Waals surface area contributed by atoms with Gasteiger partial charge in [-0.3, -0.25) is 0 Å². The highest BCUT2D eigenvalue weighted by atomic mass is 19.1. The summed E-state index contributed by atoms with van der Waals surface area (Å²) in [6.07, 6.45) is 1.41. The molecule has 0 fully saturated rings. The molecule has 0 amide bonds. The molecule has 6 heteroatoms. The molecule has 2 aromatic carbocycles. The van der Waals surface area contributed by atoms with Crippen LogP contribution in [0.2, 0.25) is 0 Å². The van der Waals surface area contributed by atoms with Gasteiger partial charge in [0.15, 0.2) is 5.65 Å². The second-order valence-electron chi connectivity index (χ2n) is 4.95. The molecule has 0 saturated carbocycles. The monoisotopic (exact) mass is 307 g/mol. The van der Waals surface area contributed by atoms with Gasteiger partial charge in [0.05, 0.1) is 11.9 Å². The van der Waals surface area contributed by atoms with Gasteiger partial charge in [-0.15, -0.1) is 0 Å². The Morgan fingerprint density at radius 2 is 1.87 bits per heavy atom. The first kappa shape index (κ1) is 13.4. The number of rotatable bonds is 2. The molecule has 0 radical (unpaired) electrons. The third kappa shape index (κ3) is 2.30. The molecule has 0 unspecified atom stereocenters. The van der Waals surface area contributed by atoms with Crippen molar-refractivity contribution in [3.8, 4) is 17.1 Å². The molecule has 5 nitrogen and oxygen atoms in total. The molecule has 2 heterocycles.